The molecule has 1 atom stereocenters. The lowest BCUT2D eigenvalue weighted by atomic mass is 9.97. The lowest BCUT2D eigenvalue weighted by Crippen LogP contribution is -2.46. The Kier molecular flexibility index (Phi) is 4.36. The Morgan fingerprint density at radius 2 is 2.00 bits per heavy atom. The summed E-state index contributed by atoms with van der Waals surface area (Å²) in [5, 5.41) is 9.46. The van der Waals surface area contributed by atoms with E-state index in [0.29, 0.717) is 5.76 Å². The monoisotopic (exact) mass is 272 g/mol. The molecule has 0 aromatic rings. The molecule has 3 nitrogen and oxygen atoms in total. The molecule has 0 radical (unpaired) electrons. The van der Waals surface area contributed by atoms with Gasteiger partial charge < -0.3 is 14.3 Å². The largest absolute Gasteiger partial charge is 0.490 e. The molecule has 1 rings (SSSR count). The van der Waals surface area contributed by atoms with Crippen LogP contribution in [0.25, 0.3) is 0 Å². The zero-order valence-corrected chi connectivity index (χ0v) is 13.8. The van der Waals surface area contributed by atoms with E-state index >= 15 is 0 Å². The van der Waals surface area contributed by atoms with Crippen molar-refractivity contribution >= 4 is 8.32 Å². The highest BCUT2D eigenvalue weighted by atomic mass is 28.4. The van der Waals surface area contributed by atoms with Gasteiger partial charge in [-0.2, -0.15) is 0 Å². The number of hydrogen-bond acceptors (Lipinski definition) is 3. The zero-order valence-electron chi connectivity index (χ0n) is 12.8. The highest BCUT2D eigenvalue weighted by Gasteiger charge is 2.41. The average Bonchev–Trinajstić information content (AvgIpc) is 2.12. The maximum absolute atomic E-state index is 9.26. The van der Waals surface area contributed by atoms with Gasteiger partial charge in [0.25, 0.3) is 0 Å². The van der Waals surface area contributed by atoms with Gasteiger partial charge in [0.05, 0.1) is 6.10 Å². The lowest BCUT2D eigenvalue weighted by Gasteiger charge is -2.42. The summed E-state index contributed by atoms with van der Waals surface area (Å²) < 4.78 is 12.1. The topological polar surface area (TPSA) is 38.7 Å². The number of ether oxygens (including phenoxy) is 1. The molecule has 4 heteroatoms. The molecule has 106 valence electrons. The molecule has 18 heavy (non-hydrogen) atoms. The van der Waals surface area contributed by atoms with E-state index in [1.165, 1.54) is 0 Å². The Morgan fingerprint density at radius 1 is 1.44 bits per heavy atom. The second-order valence-electron chi connectivity index (χ2n) is 7.27. The van der Waals surface area contributed by atoms with Crippen molar-refractivity contribution in [1.82, 2.24) is 0 Å². The van der Waals surface area contributed by atoms with Gasteiger partial charge in [0.2, 0.25) is 0 Å². The third kappa shape index (κ3) is 3.83. The fraction of sp³-hybridized carbons (Fsp3) is 0.857. The van der Waals surface area contributed by atoms with Crippen LogP contribution in [0.2, 0.25) is 18.1 Å². The normalized spacial score (nSPS) is 24.4. The molecular formula is C14H28O3Si. The molecule has 0 amide bonds. The SMILES string of the molecule is CC1(C)CC(O[Si](C)(C)C(C)(C)C)C=C(CO)O1. The van der Waals surface area contributed by atoms with Gasteiger partial charge >= 0.3 is 0 Å². The summed E-state index contributed by atoms with van der Waals surface area (Å²) in [4.78, 5) is 0. The van der Waals surface area contributed by atoms with E-state index in [4.69, 9.17) is 9.16 Å². The van der Waals surface area contributed by atoms with Crippen LogP contribution in [0, 0.1) is 0 Å². The summed E-state index contributed by atoms with van der Waals surface area (Å²) in [5.74, 6) is 0.634. The predicted octanol–water partition coefficient (Wildman–Crippen LogP) is 3.45. The van der Waals surface area contributed by atoms with Crippen molar-refractivity contribution in [3.8, 4) is 0 Å². The molecule has 0 bridgehead atoms. The van der Waals surface area contributed by atoms with Crippen molar-refractivity contribution in [1.29, 1.82) is 0 Å². The van der Waals surface area contributed by atoms with Crippen molar-refractivity contribution in [3.05, 3.63) is 11.8 Å². The van der Waals surface area contributed by atoms with Crippen molar-refractivity contribution in [2.45, 2.75) is 70.9 Å². The number of aliphatic hydroxyl groups excluding tert-OH is 1. The minimum Gasteiger partial charge on any atom is -0.490 e. The van der Waals surface area contributed by atoms with Gasteiger partial charge in [-0.1, -0.05) is 20.8 Å². The van der Waals surface area contributed by atoms with Crippen LogP contribution in [-0.4, -0.2) is 31.7 Å². The molecule has 0 aromatic carbocycles. The van der Waals surface area contributed by atoms with Crippen LogP contribution in [0.3, 0.4) is 0 Å². The van der Waals surface area contributed by atoms with Gasteiger partial charge in [-0.25, -0.2) is 0 Å². The third-order valence-corrected chi connectivity index (χ3v) is 8.38. The van der Waals surface area contributed by atoms with Crippen LogP contribution in [-0.2, 0) is 9.16 Å². The van der Waals surface area contributed by atoms with E-state index in [2.05, 4.69) is 33.9 Å². The van der Waals surface area contributed by atoms with Gasteiger partial charge in [0, 0.05) is 6.42 Å². The fourth-order valence-electron chi connectivity index (χ4n) is 1.90. The van der Waals surface area contributed by atoms with Crippen LogP contribution in [0.1, 0.15) is 41.0 Å². The summed E-state index contributed by atoms with van der Waals surface area (Å²) in [6.45, 7) is 15.2. The maximum atomic E-state index is 9.26. The van der Waals surface area contributed by atoms with Crippen molar-refractivity contribution in [2.75, 3.05) is 6.61 Å². The Labute approximate surface area is 112 Å². The van der Waals surface area contributed by atoms with Crippen LogP contribution in [0.5, 0.6) is 0 Å². The molecule has 1 aliphatic rings. The average molecular weight is 272 g/mol. The minimum absolute atomic E-state index is 0.0526. The number of rotatable bonds is 3. The summed E-state index contributed by atoms with van der Waals surface area (Å²) >= 11 is 0. The van der Waals surface area contributed by atoms with E-state index in [1.54, 1.807) is 0 Å². The van der Waals surface area contributed by atoms with Crippen molar-refractivity contribution in [2.24, 2.45) is 0 Å². The third-order valence-electron chi connectivity index (χ3n) is 3.88. The molecule has 0 saturated carbocycles. The molecular weight excluding hydrogens is 244 g/mol. The molecule has 1 unspecified atom stereocenters. The minimum atomic E-state index is -1.78. The molecule has 0 aromatic heterocycles. The first-order chi connectivity index (χ1) is 7.97. The molecule has 1 N–H and O–H groups in total. The molecule has 0 aliphatic carbocycles. The van der Waals surface area contributed by atoms with E-state index in [-0.39, 0.29) is 23.4 Å². The second kappa shape index (κ2) is 4.98. The Morgan fingerprint density at radius 3 is 2.44 bits per heavy atom. The van der Waals surface area contributed by atoms with Crippen LogP contribution in [0.15, 0.2) is 11.8 Å². The van der Waals surface area contributed by atoms with Crippen molar-refractivity contribution in [3.63, 3.8) is 0 Å². The predicted molar refractivity (Wildman–Crippen MR) is 77.0 cm³/mol. The first kappa shape index (κ1) is 15.7. The molecule has 1 heterocycles. The van der Waals surface area contributed by atoms with E-state index in [1.807, 2.05) is 19.9 Å². The van der Waals surface area contributed by atoms with Crippen LogP contribution >= 0.6 is 0 Å². The quantitative estimate of drug-likeness (QED) is 0.800. The first-order valence-corrected chi connectivity index (χ1v) is 9.56. The van der Waals surface area contributed by atoms with E-state index in [9.17, 15) is 5.11 Å². The number of hydrogen-bond donors (Lipinski definition) is 1. The van der Waals surface area contributed by atoms with Gasteiger partial charge in [0.15, 0.2) is 8.32 Å². The van der Waals surface area contributed by atoms with Gasteiger partial charge in [-0.15, -0.1) is 0 Å². The van der Waals surface area contributed by atoms with Crippen molar-refractivity contribution < 1.29 is 14.3 Å². The molecule has 0 saturated heterocycles. The highest BCUT2D eigenvalue weighted by molar-refractivity contribution is 6.74. The van der Waals surface area contributed by atoms with Gasteiger partial charge in [-0.3, -0.25) is 0 Å². The van der Waals surface area contributed by atoms with E-state index < -0.39 is 8.32 Å². The van der Waals surface area contributed by atoms with E-state index in [0.717, 1.165) is 6.42 Å². The second-order valence-corrected chi connectivity index (χ2v) is 12.0. The summed E-state index contributed by atoms with van der Waals surface area (Å²) in [6.07, 6.45) is 2.83. The molecule has 1 aliphatic heterocycles. The lowest BCUT2D eigenvalue weighted by molar-refractivity contribution is -0.0292. The fourth-order valence-corrected chi connectivity index (χ4v) is 3.16. The zero-order chi connectivity index (χ0) is 14.2. The standard InChI is InChI=1S/C14H28O3Si/c1-13(2,3)18(6,7)17-11-8-12(10-15)16-14(4,5)9-11/h8,11,15H,9-10H2,1-7H3. The van der Waals surface area contributed by atoms with Crippen LogP contribution < -0.4 is 0 Å². The van der Waals surface area contributed by atoms with Crippen LogP contribution in [0.4, 0.5) is 0 Å². The smallest absolute Gasteiger partial charge is 0.192 e. The van der Waals surface area contributed by atoms with Gasteiger partial charge in [-0.05, 0) is 38.1 Å². The highest BCUT2D eigenvalue weighted by Crippen LogP contribution is 2.39. The molecule has 0 fully saturated rings. The summed E-state index contributed by atoms with van der Waals surface area (Å²) in [6, 6.07) is 0. The maximum Gasteiger partial charge on any atom is 0.192 e. The molecule has 0 spiro atoms. The van der Waals surface area contributed by atoms with Gasteiger partial charge in [0.1, 0.15) is 18.0 Å². The summed E-state index contributed by atoms with van der Waals surface area (Å²) in [5.41, 5.74) is -0.264. The Hall–Kier alpha value is -0.323. The Bertz CT molecular complexity index is 326. The Balaban J connectivity index is 2.84. The summed E-state index contributed by atoms with van der Waals surface area (Å²) in [7, 11) is -1.78. The first-order valence-electron chi connectivity index (χ1n) is 6.65. The number of aliphatic hydroxyl groups is 1.